The van der Waals surface area contributed by atoms with Crippen LogP contribution in [0.15, 0.2) is 30.3 Å². The summed E-state index contributed by atoms with van der Waals surface area (Å²) < 4.78 is 5.50. The largest absolute Gasteiger partial charge is 0.456 e. The first-order valence-electron chi connectivity index (χ1n) is 8.14. The molecule has 2 saturated heterocycles. The molecule has 0 radical (unpaired) electrons. The average molecular weight is 301 g/mol. The first kappa shape index (κ1) is 15.2. The first-order valence-corrected chi connectivity index (χ1v) is 8.14. The predicted molar refractivity (Wildman–Crippen MR) is 83.7 cm³/mol. The Bertz CT molecular complexity index is 541. The number of benzene rings is 1. The van der Waals surface area contributed by atoms with Gasteiger partial charge in [-0.15, -0.1) is 0 Å². The van der Waals surface area contributed by atoms with E-state index in [1.165, 1.54) is 12.8 Å². The number of Topliss-reactive ketones (excluding diaryl/α,β-unsaturated/α-hetero) is 1. The van der Waals surface area contributed by atoms with Crippen molar-refractivity contribution in [1.29, 1.82) is 0 Å². The number of carbonyl (C=O) groups excluding carboxylic acids is 2. The van der Waals surface area contributed by atoms with E-state index in [0.29, 0.717) is 23.7 Å². The van der Waals surface area contributed by atoms with Crippen LogP contribution in [0.1, 0.15) is 49.9 Å². The minimum Gasteiger partial charge on any atom is -0.456 e. The van der Waals surface area contributed by atoms with Crippen LogP contribution < -0.4 is 0 Å². The number of nitrogens with zero attached hydrogens (tertiary/aromatic N) is 1. The Morgan fingerprint density at radius 1 is 1.09 bits per heavy atom. The molecule has 3 atom stereocenters. The summed E-state index contributed by atoms with van der Waals surface area (Å²) >= 11 is 0. The van der Waals surface area contributed by atoms with Gasteiger partial charge < -0.3 is 4.74 Å². The first-order chi connectivity index (χ1) is 10.6. The lowest BCUT2D eigenvalue weighted by molar-refractivity contribution is -0.147. The van der Waals surface area contributed by atoms with Gasteiger partial charge in [0, 0.05) is 36.5 Å². The van der Waals surface area contributed by atoms with E-state index < -0.39 is 11.8 Å². The normalized spacial score (nSPS) is 27.9. The Balaban J connectivity index is 1.61. The minimum atomic E-state index is -0.714. The average Bonchev–Trinajstić information content (AvgIpc) is 2.79. The van der Waals surface area contributed by atoms with Crippen LogP contribution in [0.3, 0.4) is 0 Å². The maximum Gasteiger partial charge on any atom is 0.379 e. The molecule has 1 unspecified atom stereocenters. The van der Waals surface area contributed by atoms with E-state index in [4.69, 9.17) is 4.74 Å². The molecule has 0 aliphatic carbocycles. The maximum atomic E-state index is 12.1. The molecule has 0 spiro atoms. The molecule has 0 N–H and O–H groups in total. The van der Waals surface area contributed by atoms with Gasteiger partial charge in [0.25, 0.3) is 5.78 Å². The standard InChI is InChI=1S/C18H23NO3/c1-12(2)19-14-8-9-15(19)11-16(10-14)22-18(21)17(20)13-6-4-3-5-7-13/h3-7,12,14-16H,8-11H2,1-2H3/t14-,15+,16?. The quantitative estimate of drug-likeness (QED) is 0.487. The third-order valence-electron chi connectivity index (χ3n) is 4.84. The van der Waals surface area contributed by atoms with Crippen molar-refractivity contribution in [3.8, 4) is 0 Å². The SMILES string of the molecule is CC(C)N1[C@@H]2CC[C@H]1CC(OC(=O)C(=O)c1ccccc1)C2. The van der Waals surface area contributed by atoms with Gasteiger partial charge in [0.15, 0.2) is 0 Å². The van der Waals surface area contributed by atoms with Crippen LogP contribution in [0.5, 0.6) is 0 Å². The molecule has 3 rings (SSSR count). The summed E-state index contributed by atoms with van der Waals surface area (Å²) in [7, 11) is 0. The molecule has 0 saturated carbocycles. The van der Waals surface area contributed by atoms with E-state index in [1.54, 1.807) is 24.3 Å². The molecule has 2 aliphatic heterocycles. The number of rotatable bonds is 4. The number of ketones is 1. The third kappa shape index (κ3) is 2.93. The van der Waals surface area contributed by atoms with E-state index in [2.05, 4.69) is 18.7 Å². The summed E-state index contributed by atoms with van der Waals surface area (Å²) in [5.74, 6) is -1.26. The van der Waals surface area contributed by atoms with Crippen molar-refractivity contribution in [2.45, 2.75) is 63.8 Å². The van der Waals surface area contributed by atoms with E-state index in [1.807, 2.05) is 6.07 Å². The Morgan fingerprint density at radius 2 is 1.68 bits per heavy atom. The van der Waals surface area contributed by atoms with Crippen LogP contribution >= 0.6 is 0 Å². The van der Waals surface area contributed by atoms with Gasteiger partial charge in [0.1, 0.15) is 6.10 Å². The molecule has 2 fully saturated rings. The van der Waals surface area contributed by atoms with Crippen LogP contribution in [0.25, 0.3) is 0 Å². The van der Waals surface area contributed by atoms with Crippen molar-refractivity contribution in [3.05, 3.63) is 35.9 Å². The van der Waals surface area contributed by atoms with Crippen molar-refractivity contribution in [2.75, 3.05) is 0 Å². The Kier molecular flexibility index (Phi) is 4.30. The highest BCUT2D eigenvalue weighted by molar-refractivity contribution is 6.40. The zero-order chi connectivity index (χ0) is 15.7. The van der Waals surface area contributed by atoms with Crippen LogP contribution in [-0.4, -0.2) is 40.9 Å². The minimum absolute atomic E-state index is 0.118. The van der Waals surface area contributed by atoms with Gasteiger partial charge in [-0.2, -0.15) is 0 Å². The molecule has 4 heteroatoms. The summed E-state index contributed by atoms with van der Waals surface area (Å²) in [6.45, 7) is 4.44. The molecule has 4 nitrogen and oxygen atoms in total. The molecule has 0 aromatic heterocycles. The van der Waals surface area contributed by atoms with Crippen LogP contribution in [0, 0.1) is 0 Å². The van der Waals surface area contributed by atoms with Crippen molar-refractivity contribution in [3.63, 3.8) is 0 Å². The van der Waals surface area contributed by atoms with Crippen LogP contribution in [0.4, 0.5) is 0 Å². The van der Waals surface area contributed by atoms with Crippen molar-refractivity contribution < 1.29 is 14.3 Å². The van der Waals surface area contributed by atoms with Crippen molar-refractivity contribution in [1.82, 2.24) is 4.90 Å². The van der Waals surface area contributed by atoms with E-state index in [9.17, 15) is 9.59 Å². The summed E-state index contributed by atoms with van der Waals surface area (Å²) in [4.78, 5) is 26.7. The molecule has 0 amide bonds. The molecule has 2 bridgehead atoms. The molecule has 1 aromatic carbocycles. The molecular weight excluding hydrogens is 278 g/mol. The second-order valence-corrected chi connectivity index (χ2v) is 6.62. The number of fused-ring (bicyclic) bond motifs is 2. The Hall–Kier alpha value is -1.68. The number of hydrogen-bond donors (Lipinski definition) is 0. The topological polar surface area (TPSA) is 46.6 Å². The second kappa shape index (κ2) is 6.21. The van der Waals surface area contributed by atoms with Gasteiger partial charge in [0.2, 0.25) is 0 Å². The van der Waals surface area contributed by atoms with Crippen LogP contribution in [0.2, 0.25) is 0 Å². The zero-order valence-electron chi connectivity index (χ0n) is 13.2. The fraction of sp³-hybridized carbons (Fsp3) is 0.556. The fourth-order valence-electron chi connectivity index (χ4n) is 4.02. The summed E-state index contributed by atoms with van der Waals surface area (Å²) in [6, 6.07) is 10.1. The van der Waals surface area contributed by atoms with E-state index >= 15 is 0 Å². The Morgan fingerprint density at radius 3 is 2.23 bits per heavy atom. The molecule has 2 aliphatic rings. The molecule has 22 heavy (non-hydrogen) atoms. The molecule has 118 valence electrons. The zero-order valence-corrected chi connectivity index (χ0v) is 13.2. The highest BCUT2D eigenvalue weighted by Gasteiger charge is 2.43. The second-order valence-electron chi connectivity index (χ2n) is 6.62. The highest BCUT2D eigenvalue weighted by atomic mass is 16.5. The predicted octanol–water partition coefficient (Wildman–Crippen LogP) is 2.82. The Labute approximate surface area is 131 Å². The van der Waals surface area contributed by atoms with Gasteiger partial charge in [0.05, 0.1) is 0 Å². The number of ether oxygens (including phenoxy) is 1. The van der Waals surface area contributed by atoms with Gasteiger partial charge in [-0.05, 0) is 26.7 Å². The number of piperidine rings is 1. The van der Waals surface area contributed by atoms with Gasteiger partial charge in [-0.1, -0.05) is 30.3 Å². The smallest absolute Gasteiger partial charge is 0.379 e. The molecule has 1 aromatic rings. The van der Waals surface area contributed by atoms with Crippen molar-refractivity contribution >= 4 is 11.8 Å². The highest BCUT2D eigenvalue weighted by Crippen LogP contribution is 2.38. The number of carbonyl (C=O) groups is 2. The van der Waals surface area contributed by atoms with E-state index in [0.717, 1.165) is 12.8 Å². The van der Waals surface area contributed by atoms with Gasteiger partial charge in [-0.3, -0.25) is 9.69 Å². The lowest BCUT2D eigenvalue weighted by Crippen LogP contribution is -2.49. The summed E-state index contributed by atoms with van der Waals surface area (Å²) in [5, 5.41) is 0. The lowest BCUT2D eigenvalue weighted by atomic mass is 9.98. The molecule has 2 heterocycles. The fourth-order valence-corrected chi connectivity index (χ4v) is 4.02. The van der Waals surface area contributed by atoms with Crippen molar-refractivity contribution in [2.24, 2.45) is 0 Å². The van der Waals surface area contributed by atoms with Gasteiger partial charge in [-0.25, -0.2) is 4.79 Å². The summed E-state index contributed by atoms with van der Waals surface area (Å²) in [6.07, 6.45) is 3.92. The number of hydrogen-bond acceptors (Lipinski definition) is 4. The monoisotopic (exact) mass is 301 g/mol. The van der Waals surface area contributed by atoms with E-state index in [-0.39, 0.29) is 6.10 Å². The molecular formula is C18H23NO3. The maximum absolute atomic E-state index is 12.1. The number of esters is 1. The van der Waals surface area contributed by atoms with Crippen LogP contribution in [-0.2, 0) is 9.53 Å². The lowest BCUT2D eigenvalue weighted by Gasteiger charge is -2.40. The summed E-state index contributed by atoms with van der Waals surface area (Å²) in [5.41, 5.74) is 0.398. The third-order valence-corrected chi connectivity index (χ3v) is 4.84. The van der Waals surface area contributed by atoms with Gasteiger partial charge >= 0.3 is 5.97 Å².